The third-order valence-corrected chi connectivity index (χ3v) is 6.72. The van der Waals surface area contributed by atoms with Crippen LogP contribution in [0.5, 0.6) is 0 Å². The average Bonchev–Trinajstić information content (AvgIpc) is 3.29. The van der Waals surface area contributed by atoms with Crippen molar-refractivity contribution >= 4 is 34.2 Å². The number of rotatable bonds is 6. The molecule has 36 heavy (non-hydrogen) atoms. The van der Waals surface area contributed by atoms with Gasteiger partial charge in [-0.05, 0) is 60.2 Å². The third-order valence-electron chi connectivity index (χ3n) is 6.72. The Morgan fingerprint density at radius 3 is 1.94 bits per heavy atom. The Morgan fingerprint density at radius 2 is 1.25 bits per heavy atom. The monoisotopic (exact) mass is 462 g/mol. The van der Waals surface area contributed by atoms with Gasteiger partial charge in [-0.15, -0.1) is 0 Å². The van der Waals surface area contributed by atoms with Crippen molar-refractivity contribution in [1.82, 2.24) is 4.57 Å². The number of hydrogen-bond donors (Lipinski definition) is 0. The molecular weight excluding hydrogens is 436 g/mol. The van der Waals surface area contributed by atoms with Crippen LogP contribution in [0.2, 0.25) is 0 Å². The lowest BCUT2D eigenvalue weighted by atomic mass is 10.0. The van der Waals surface area contributed by atoms with E-state index in [1.165, 1.54) is 32.9 Å². The summed E-state index contributed by atoms with van der Waals surface area (Å²) in [6.07, 6.45) is 2.97. The van der Waals surface area contributed by atoms with E-state index < -0.39 is 0 Å². The number of aliphatic imine (C=N–C) groups is 1. The van der Waals surface area contributed by atoms with E-state index in [0.29, 0.717) is 0 Å². The summed E-state index contributed by atoms with van der Waals surface area (Å²) in [6.45, 7) is 3.84. The fourth-order valence-electron chi connectivity index (χ4n) is 4.99. The summed E-state index contributed by atoms with van der Waals surface area (Å²) >= 11 is 0. The Morgan fingerprint density at radius 1 is 0.639 bits per heavy atom. The van der Waals surface area contributed by atoms with Crippen LogP contribution in [0.4, 0.5) is 0 Å². The van der Waals surface area contributed by atoms with Crippen molar-refractivity contribution in [2.24, 2.45) is 4.99 Å². The predicted molar refractivity (Wildman–Crippen MR) is 154 cm³/mol. The van der Waals surface area contributed by atoms with Crippen LogP contribution >= 0.6 is 0 Å². The van der Waals surface area contributed by atoms with Crippen LogP contribution in [0.15, 0.2) is 138 Å². The summed E-state index contributed by atoms with van der Waals surface area (Å²) in [5.74, 6) is 0. The summed E-state index contributed by atoms with van der Waals surface area (Å²) in [5.41, 5.74) is 9.14. The van der Waals surface area contributed by atoms with E-state index in [1.807, 2.05) is 6.07 Å². The first kappa shape index (κ1) is 21.8. The van der Waals surface area contributed by atoms with Gasteiger partial charge in [-0.2, -0.15) is 0 Å². The number of allylic oxidation sites excluding steroid dienone is 1. The number of benzene rings is 5. The highest BCUT2D eigenvalue weighted by Crippen LogP contribution is 2.33. The normalized spacial score (nSPS) is 11.7. The van der Waals surface area contributed by atoms with Gasteiger partial charge in [-0.3, -0.25) is 4.99 Å². The molecule has 0 atom stereocenters. The third kappa shape index (κ3) is 4.03. The molecular formula is C34H26N2. The minimum atomic E-state index is 0.822. The molecule has 6 rings (SSSR count). The van der Waals surface area contributed by atoms with Crippen molar-refractivity contribution in [3.63, 3.8) is 0 Å². The topological polar surface area (TPSA) is 17.3 Å². The lowest BCUT2D eigenvalue weighted by molar-refractivity contribution is 1.18. The highest BCUT2D eigenvalue weighted by Gasteiger charge is 2.12. The van der Waals surface area contributed by atoms with Crippen LogP contribution < -0.4 is 0 Å². The van der Waals surface area contributed by atoms with E-state index >= 15 is 0 Å². The molecule has 1 heterocycles. The Bertz CT molecular complexity index is 1670. The lowest BCUT2D eigenvalue weighted by Gasteiger charge is -2.11. The maximum atomic E-state index is 4.34. The second-order valence-electron chi connectivity index (χ2n) is 8.94. The molecule has 0 N–H and O–H groups in total. The standard InChI is InChI=1S/C34H26N2/c1-35-32(22-21-25-11-3-2-4-12-25)28-15-9-13-26(23-28)27-14-10-16-29(24-27)36-33-19-7-5-17-30(33)31-18-6-8-20-34(31)36/h2-20,22-24H,1,21H2/b32-22-. The molecule has 0 fully saturated rings. The van der Waals surface area contributed by atoms with Gasteiger partial charge in [0.05, 0.1) is 16.7 Å². The van der Waals surface area contributed by atoms with Gasteiger partial charge >= 0.3 is 0 Å². The van der Waals surface area contributed by atoms with Crippen LogP contribution in [-0.4, -0.2) is 11.3 Å². The maximum Gasteiger partial charge on any atom is 0.0658 e. The zero-order valence-corrected chi connectivity index (χ0v) is 20.0. The largest absolute Gasteiger partial charge is 0.309 e. The molecule has 0 bridgehead atoms. The zero-order chi connectivity index (χ0) is 24.3. The Labute approximate surface area is 211 Å². The van der Waals surface area contributed by atoms with Gasteiger partial charge in [-0.25, -0.2) is 0 Å². The Hall–Kier alpha value is -4.69. The van der Waals surface area contributed by atoms with Crippen molar-refractivity contribution in [2.45, 2.75) is 6.42 Å². The number of hydrogen-bond acceptors (Lipinski definition) is 1. The molecule has 172 valence electrons. The van der Waals surface area contributed by atoms with E-state index in [-0.39, 0.29) is 0 Å². The minimum Gasteiger partial charge on any atom is -0.309 e. The van der Waals surface area contributed by atoms with Gasteiger partial charge < -0.3 is 4.57 Å². The Kier molecular flexibility index (Phi) is 5.77. The smallest absolute Gasteiger partial charge is 0.0658 e. The quantitative estimate of drug-likeness (QED) is 0.220. The number of aromatic nitrogens is 1. The Balaban J connectivity index is 1.41. The number of fused-ring (bicyclic) bond motifs is 3. The molecule has 0 radical (unpaired) electrons. The van der Waals surface area contributed by atoms with Crippen molar-refractivity contribution < 1.29 is 0 Å². The zero-order valence-electron chi connectivity index (χ0n) is 20.0. The van der Waals surface area contributed by atoms with E-state index in [9.17, 15) is 0 Å². The molecule has 0 saturated carbocycles. The van der Waals surface area contributed by atoms with Gasteiger partial charge in [0.1, 0.15) is 0 Å². The van der Waals surface area contributed by atoms with Crippen LogP contribution in [-0.2, 0) is 6.42 Å². The van der Waals surface area contributed by atoms with Crippen molar-refractivity contribution in [3.8, 4) is 16.8 Å². The number of nitrogens with zero attached hydrogens (tertiary/aromatic N) is 2. The predicted octanol–water partition coefficient (Wildman–Crippen LogP) is 8.73. The molecule has 0 saturated heterocycles. The van der Waals surface area contributed by atoms with Gasteiger partial charge in [0.25, 0.3) is 0 Å². The van der Waals surface area contributed by atoms with Gasteiger partial charge in [0, 0.05) is 22.0 Å². The first-order valence-electron chi connectivity index (χ1n) is 12.2. The maximum absolute atomic E-state index is 4.34. The molecule has 0 amide bonds. The molecule has 2 nitrogen and oxygen atoms in total. The molecule has 0 spiro atoms. The van der Waals surface area contributed by atoms with E-state index in [1.54, 1.807) is 0 Å². The molecule has 0 aliphatic heterocycles. The average molecular weight is 463 g/mol. The SMILES string of the molecule is C=N/C(=C\Cc1ccccc1)c1cccc(-c2cccc(-n3c4ccccc4c4ccccc43)c2)c1. The molecule has 6 aromatic rings. The summed E-state index contributed by atoms with van der Waals surface area (Å²) in [6, 6.07) is 45.0. The molecule has 5 aromatic carbocycles. The van der Waals surface area contributed by atoms with Crippen LogP contribution in [0.25, 0.3) is 44.3 Å². The van der Waals surface area contributed by atoms with Crippen molar-refractivity contribution in [1.29, 1.82) is 0 Å². The van der Waals surface area contributed by atoms with E-state index in [4.69, 9.17) is 0 Å². The van der Waals surface area contributed by atoms with Crippen molar-refractivity contribution in [3.05, 3.63) is 145 Å². The second-order valence-corrected chi connectivity index (χ2v) is 8.94. The van der Waals surface area contributed by atoms with E-state index in [2.05, 4.69) is 144 Å². The highest BCUT2D eigenvalue weighted by atomic mass is 15.0. The van der Waals surface area contributed by atoms with Gasteiger partial charge in [0.2, 0.25) is 0 Å². The van der Waals surface area contributed by atoms with Crippen LogP contribution in [0.1, 0.15) is 11.1 Å². The van der Waals surface area contributed by atoms with Crippen LogP contribution in [0, 0.1) is 0 Å². The summed E-state index contributed by atoms with van der Waals surface area (Å²) < 4.78 is 2.36. The lowest BCUT2D eigenvalue weighted by Crippen LogP contribution is -1.94. The minimum absolute atomic E-state index is 0.822. The van der Waals surface area contributed by atoms with Gasteiger partial charge in [0.15, 0.2) is 0 Å². The first-order chi connectivity index (χ1) is 17.8. The van der Waals surface area contributed by atoms with Crippen LogP contribution in [0.3, 0.4) is 0 Å². The summed E-state index contributed by atoms with van der Waals surface area (Å²) in [4.78, 5) is 4.34. The summed E-state index contributed by atoms with van der Waals surface area (Å²) in [5, 5.41) is 2.54. The fraction of sp³-hybridized carbons (Fsp3) is 0.0294. The van der Waals surface area contributed by atoms with Gasteiger partial charge in [-0.1, -0.05) is 103 Å². The molecule has 1 aromatic heterocycles. The summed E-state index contributed by atoms with van der Waals surface area (Å²) in [7, 11) is 0. The second kappa shape index (κ2) is 9.52. The molecule has 0 aliphatic carbocycles. The first-order valence-corrected chi connectivity index (χ1v) is 12.2. The highest BCUT2D eigenvalue weighted by molar-refractivity contribution is 6.09. The van der Waals surface area contributed by atoms with Crippen molar-refractivity contribution in [2.75, 3.05) is 0 Å². The fourth-order valence-corrected chi connectivity index (χ4v) is 4.99. The van der Waals surface area contributed by atoms with E-state index in [0.717, 1.165) is 28.9 Å². The molecule has 0 unspecified atom stereocenters. The molecule has 2 heteroatoms. The number of para-hydroxylation sites is 2. The molecule has 0 aliphatic rings.